The Morgan fingerprint density at radius 3 is 2.24 bits per heavy atom. The standard InChI is InChI=1S/C17H17N2O5P/c1-23-16-9-13-14(7-8-18-15(13)10-17(16)24-2)19-11-3-5-12(6-4-11)25(20,21)22/h3-10H,1-2H3,(H,18,19)(H2,20,21,22). The van der Waals surface area contributed by atoms with Gasteiger partial charge in [0.1, 0.15) is 0 Å². The van der Waals surface area contributed by atoms with Crippen molar-refractivity contribution in [3.8, 4) is 11.5 Å². The van der Waals surface area contributed by atoms with Crippen LogP contribution in [0.25, 0.3) is 10.9 Å². The Morgan fingerprint density at radius 1 is 1.00 bits per heavy atom. The minimum absolute atomic E-state index is 0.0240. The quantitative estimate of drug-likeness (QED) is 0.602. The minimum Gasteiger partial charge on any atom is -0.493 e. The second kappa shape index (κ2) is 6.72. The summed E-state index contributed by atoms with van der Waals surface area (Å²) in [6.07, 6.45) is 1.67. The Morgan fingerprint density at radius 2 is 1.64 bits per heavy atom. The summed E-state index contributed by atoms with van der Waals surface area (Å²) in [5.74, 6) is 1.17. The molecule has 0 fully saturated rings. The molecular weight excluding hydrogens is 343 g/mol. The molecule has 0 saturated heterocycles. The summed E-state index contributed by atoms with van der Waals surface area (Å²) < 4.78 is 21.9. The van der Waals surface area contributed by atoms with E-state index in [9.17, 15) is 14.4 Å². The number of nitrogens with one attached hydrogen (secondary N) is 1. The number of anilines is 2. The van der Waals surface area contributed by atoms with Crippen molar-refractivity contribution in [2.75, 3.05) is 19.5 Å². The smallest absolute Gasteiger partial charge is 0.356 e. The SMILES string of the molecule is COc1cc2nccc(Nc3ccc(P(=O)(O)O)cc3)c2cc1OC. The van der Waals surface area contributed by atoms with Crippen LogP contribution in [0.2, 0.25) is 0 Å². The van der Waals surface area contributed by atoms with E-state index in [4.69, 9.17) is 9.47 Å². The van der Waals surface area contributed by atoms with Gasteiger partial charge in [-0.3, -0.25) is 9.55 Å². The first-order valence-electron chi connectivity index (χ1n) is 7.36. The zero-order chi connectivity index (χ0) is 18.0. The number of pyridine rings is 1. The topological polar surface area (TPSA) is 101 Å². The molecule has 25 heavy (non-hydrogen) atoms. The monoisotopic (exact) mass is 360 g/mol. The molecule has 0 aliphatic rings. The van der Waals surface area contributed by atoms with Gasteiger partial charge in [-0.1, -0.05) is 0 Å². The average Bonchev–Trinajstić information content (AvgIpc) is 2.60. The van der Waals surface area contributed by atoms with Gasteiger partial charge in [-0.25, -0.2) is 0 Å². The van der Waals surface area contributed by atoms with Gasteiger partial charge in [-0.15, -0.1) is 0 Å². The lowest BCUT2D eigenvalue weighted by Gasteiger charge is -2.13. The predicted octanol–water partition coefficient (Wildman–Crippen LogP) is 2.80. The van der Waals surface area contributed by atoms with E-state index in [2.05, 4.69) is 10.3 Å². The molecule has 130 valence electrons. The third-order valence-electron chi connectivity index (χ3n) is 3.73. The molecule has 3 aromatic rings. The maximum absolute atomic E-state index is 11.2. The molecule has 7 nitrogen and oxygen atoms in total. The third kappa shape index (κ3) is 3.58. The molecule has 0 aliphatic carbocycles. The van der Waals surface area contributed by atoms with Crippen LogP contribution in [0.5, 0.6) is 11.5 Å². The molecule has 0 aliphatic heterocycles. The Labute approximate surface area is 144 Å². The third-order valence-corrected chi connectivity index (χ3v) is 4.70. The maximum Gasteiger partial charge on any atom is 0.356 e. The van der Waals surface area contributed by atoms with Crippen LogP contribution >= 0.6 is 7.60 Å². The lowest BCUT2D eigenvalue weighted by atomic mass is 10.1. The maximum atomic E-state index is 11.2. The van der Waals surface area contributed by atoms with E-state index in [-0.39, 0.29) is 5.30 Å². The molecule has 0 radical (unpaired) electrons. The van der Waals surface area contributed by atoms with Gasteiger partial charge in [-0.05, 0) is 36.4 Å². The summed E-state index contributed by atoms with van der Waals surface area (Å²) in [4.78, 5) is 22.7. The van der Waals surface area contributed by atoms with Crippen molar-refractivity contribution in [3.05, 3.63) is 48.7 Å². The van der Waals surface area contributed by atoms with Crippen molar-refractivity contribution >= 4 is 35.2 Å². The molecule has 3 rings (SSSR count). The molecule has 0 atom stereocenters. The number of methoxy groups -OCH3 is 2. The summed E-state index contributed by atoms with van der Waals surface area (Å²) in [5, 5.41) is 4.03. The number of aromatic nitrogens is 1. The summed E-state index contributed by atoms with van der Waals surface area (Å²) >= 11 is 0. The Hall–Kier alpha value is -2.60. The molecule has 8 heteroatoms. The molecule has 0 unspecified atom stereocenters. The predicted molar refractivity (Wildman–Crippen MR) is 96.2 cm³/mol. The van der Waals surface area contributed by atoms with Crippen LogP contribution in [0, 0.1) is 0 Å². The normalized spacial score (nSPS) is 11.4. The highest BCUT2D eigenvalue weighted by molar-refractivity contribution is 7.60. The molecule has 0 spiro atoms. The number of ether oxygens (including phenoxy) is 2. The summed E-state index contributed by atoms with van der Waals surface area (Å²) in [6, 6.07) is 11.4. The highest BCUT2D eigenvalue weighted by Gasteiger charge is 2.16. The van der Waals surface area contributed by atoms with Crippen LogP contribution in [0.4, 0.5) is 11.4 Å². The zero-order valence-electron chi connectivity index (χ0n) is 13.6. The fourth-order valence-electron chi connectivity index (χ4n) is 2.48. The Kier molecular flexibility index (Phi) is 4.63. The van der Waals surface area contributed by atoms with E-state index >= 15 is 0 Å². The first-order valence-corrected chi connectivity index (χ1v) is 8.97. The van der Waals surface area contributed by atoms with Gasteiger partial charge in [0.15, 0.2) is 11.5 Å². The van der Waals surface area contributed by atoms with Crippen molar-refractivity contribution in [1.82, 2.24) is 4.98 Å². The van der Waals surface area contributed by atoms with Crippen molar-refractivity contribution in [2.45, 2.75) is 0 Å². The van der Waals surface area contributed by atoms with E-state index in [0.29, 0.717) is 17.2 Å². The van der Waals surface area contributed by atoms with Gasteiger partial charge in [0.05, 0.1) is 25.0 Å². The van der Waals surface area contributed by atoms with Crippen molar-refractivity contribution in [1.29, 1.82) is 0 Å². The van der Waals surface area contributed by atoms with Crippen molar-refractivity contribution < 1.29 is 23.8 Å². The molecule has 1 aromatic heterocycles. The summed E-state index contributed by atoms with van der Waals surface area (Å²) in [6.45, 7) is 0. The van der Waals surface area contributed by atoms with Crippen LogP contribution in [0.15, 0.2) is 48.7 Å². The van der Waals surface area contributed by atoms with Crippen LogP contribution < -0.4 is 20.1 Å². The molecule has 0 amide bonds. The molecule has 0 saturated carbocycles. The number of fused-ring (bicyclic) bond motifs is 1. The molecule has 0 bridgehead atoms. The van der Waals surface area contributed by atoms with Crippen molar-refractivity contribution in [3.63, 3.8) is 0 Å². The van der Waals surface area contributed by atoms with E-state index < -0.39 is 7.60 Å². The van der Waals surface area contributed by atoms with Gasteiger partial charge in [0.2, 0.25) is 0 Å². The van der Waals surface area contributed by atoms with Crippen molar-refractivity contribution in [2.24, 2.45) is 0 Å². The number of hydrogen-bond donors (Lipinski definition) is 3. The van der Waals surface area contributed by atoms with E-state index in [1.165, 1.54) is 12.1 Å². The second-order valence-electron chi connectivity index (χ2n) is 5.30. The average molecular weight is 360 g/mol. The lowest BCUT2D eigenvalue weighted by Crippen LogP contribution is -2.03. The molecule has 3 N–H and O–H groups in total. The minimum atomic E-state index is -4.25. The summed E-state index contributed by atoms with van der Waals surface area (Å²) in [7, 11) is -1.12. The van der Waals surface area contributed by atoms with Crippen LogP contribution in [-0.2, 0) is 4.57 Å². The molecular formula is C17H17N2O5P. The van der Waals surface area contributed by atoms with Crippen LogP contribution in [-0.4, -0.2) is 29.0 Å². The molecule has 1 heterocycles. The number of hydrogen-bond acceptors (Lipinski definition) is 5. The fraction of sp³-hybridized carbons (Fsp3) is 0.118. The highest BCUT2D eigenvalue weighted by atomic mass is 31.2. The number of nitrogens with zero attached hydrogens (tertiary/aromatic N) is 1. The van der Waals surface area contributed by atoms with E-state index in [1.807, 2.05) is 12.1 Å². The fourth-order valence-corrected chi connectivity index (χ4v) is 3.01. The molecule has 2 aromatic carbocycles. The first kappa shape index (κ1) is 17.2. The Bertz CT molecular complexity index is 953. The van der Waals surface area contributed by atoms with Crippen LogP contribution in [0.3, 0.4) is 0 Å². The van der Waals surface area contributed by atoms with Gasteiger partial charge in [0.25, 0.3) is 0 Å². The largest absolute Gasteiger partial charge is 0.493 e. The highest BCUT2D eigenvalue weighted by Crippen LogP contribution is 2.36. The lowest BCUT2D eigenvalue weighted by molar-refractivity contribution is 0.356. The first-order chi connectivity index (χ1) is 11.9. The van der Waals surface area contributed by atoms with Gasteiger partial charge in [0, 0.05) is 29.0 Å². The van der Waals surface area contributed by atoms with E-state index in [1.54, 1.807) is 38.6 Å². The Balaban J connectivity index is 2.00. The van der Waals surface area contributed by atoms with Crippen LogP contribution in [0.1, 0.15) is 0 Å². The summed E-state index contributed by atoms with van der Waals surface area (Å²) in [5.41, 5.74) is 2.21. The van der Waals surface area contributed by atoms with Gasteiger partial charge >= 0.3 is 7.60 Å². The van der Waals surface area contributed by atoms with E-state index in [0.717, 1.165) is 16.6 Å². The zero-order valence-corrected chi connectivity index (χ0v) is 14.5. The second-order valence-corrected chi connectivity index (χ2v) is 6.90. The van der Waals surface area contributed by atoms with Gasteiger partial charge in [-0.2, -0.15) is 0 Å². The van der Waals surface area contributed by atoms with Gasteiger partial charge < -0.3 is 24.6 Å². The number of benzene rings is 2. The number of rotatable bonds is 5.